The predicted molar refractivity (Wildman–Crippen MR) is 174 cm³/mol. The van der Waals surface area contributed by atoms with Gasteiger partial charge < -0.3 is 24.8 Å². The van der Waals surface area contributed by atoms with Gasteiger partial charge in [-0.15, -0.1) is 0 Å². The largest absolute Gasteiger partial charge is 0.493 e. The number of benzene rings is 3. The molecule has 0 aliphatic heterocycles. The van der Waals surface area contributed by atoms with Crippen LogP contribution in [0.4, 0.5) is 22.0 Å². The smallest absolute Gasteiger partial charge is 0.324 e. The summed E-state index contributed by atoms with van der Waals surface area (Å²) in [6.07, 6.45) is 3.82. The van der Waals surface area contributed by atoms with Gasteiger partial charge in [0.05, 0.1) is 48.8 Å². The summed E-state index contributed by atoms with van der Waals surface area (Å²) in [5.74, 6) is 0.966. The normalized spacial score (nSPS) is 10.9. The number of aromatic nitrogens is 3. The number of hydrogen-bond donors (Lipinski definition) is 3. The first-order valence-corrected chi connectivity index (χ1v) is 14.6. The van der Waals surface area contributed by atoms with E-state index in [2.05, 4.69) is 26.0 Å². The van der Waals surface area contributed by atoms with E-state index >= 15 is 0 Å². The van der Waals surface area contributed by atoms with Crippen molar-refractivity contribution in [2.24, 2.45) is 0 Å². The summed E-state index contributed by atoms with van der Waals surface area (Å²) in [5, 5.41) is 15.0. The van der Waals surface area contributed by atoms with E-state index in [0.29, 0.717) is 49.2 Å². The summed E-state index contributed by atoms with van der Waals surface area (Å²) in [6.45, 7) is 4.94. The fourth-order valence-corrected chi connectivity index (χ4v) is 4.77. The Hall–Kier alpha value is -5.26. The zero-order valence-electron chi connectivity index (χ0n) is 25.5. The Bertz CT molecular complexity index is 1770. The third-order valence-corrected chi connectivity index (χ3v) is 6.96. The van der Waals surface area contributed by atoms with E-state index in [-0.39, 0.29) is 12.5 Å². The first kappa shape index (κ1) is 31.2. The van der Waals surface area contributed by atoms with Crippen molar-refractivity contribution < 1.29 is 23.8 Å². The molecule has 0 saturated heterocycles. The van der Waals surface area contributed by atoms with Crippen LogP contribution >= 0.6 is 0 Å². The van der Waals surface area contributed by atoms with E-state index in [1.807, 2.05) is 86.6 Å². The van der Waals surface area contributed by atoms with Gasteiger partial charge in [-0.3, -0.25) is 15.1 Å². The third kappa shape index (κ3) is 8.22. The van der Waals surface area contributed by atoms with Crippen molar-refractivity contribution >= 4 is 39.9 Å². The number of fused-ring (bicyclic) bond motifs is 1. The zero-order chi connectivity index (χ0) is 31.6. The van der Waals surface area contributed by atoms with Gasteiger partial charge in [0.1, 0.15) is 18.2 Å². The molecular formula is C34H36N6O5. The van der Waals surface area contributed by atoms with Crippen molar-refractivity contribution in [2.75, 3.05) is 49.5 Å². The predicted octanol–water partition coefficient (Wildman–Crippen LogP) is 5.90. The highest BCUT2D eigenvalue weighted by Gasteiger charge is 2.14. The molecule has 0 aliphatic rings. The Labute approximate surface area is 261 Å². The van der Waals surface area contributed by atoms with Crippen LogP contribution in [0.3, 0.4) is 0 Å². The topological polar surface area (TPSA) is 129 Å². The maximum absolute atomic E-state index is 13.1. The minimum Gasteiger partial charge on any atom is -0.493 e. The fourth-order valence-electron chi connectivity index (χ4n) is 4.77. The highest BCUT2D eigenvalue weighted by atomic mass is 16.5. The molecular weight excluding hydrogens is 572 g/mol. The number of rotatable bonds is 13. The second kappa shape index (κ2) is 15.0. The van der Waals surface area contributed by atoms with E-state index in [0.717, 1.165) is 33.3 Å². The quantitative estimate of drug-likeness (QED) is 0.142. The van der Waals surface area contributed by atoms with E-state index in [1.54, 1.807) is 24.2 Å². The third-order valence-electron chi connectivity index (χ3n) is 6.96. The highest BCUT2D eigenvalue weighted by molar-refractivity contribution is 6.07. The lowest BCUT2D eigenvalue weighted by Crippen LogP contribution is -2.21. The molecule has 232 valence electrons. The zero-order valence-corrected chi connectivity index (χ0v) is 25.5. The van der Waals surface area contributed by atoms with Gasteiger partial charge in [0.2, 0.25) is 5.91 Å². The molecule has 3 aromatic carbocycles. The van der Waals surface area contributed by atoms with E-state index in [9.17, 15) is 9.59 Å². The van der Waals surface area contributed by atoms with Gasteiger partial charge in [0.15, 0.2) is 0 Å². The van der Waals surface area contributed by atoms with Gasteiger partial charge >= 0.3 is 6.03 Å². The number of hydrogen-bond acceptors (Lipinski definition) is 7. The SMILES string of the molecule is COCCOCC(=O)Nc1cnccc1CCOc1ccc(NC(=O)Nc2cc(C)nn2-c2ccc(C)cc2)c2ccccc12. The lowest BCUT2D eigenvalue weighted by atomic mass is 10.1. The van der Waals surface area contributed by atoms with Crippen LogP contribution in [0.15, 0.2) is 85.2 Å². The number of anilines is 3. The van der Waals surface area contributed by atoms with Crippen molar-refractivity contribution in [3.8, 4) is 11.4 Å². The number of pyridine rings is 1. The Morgan fingerprint density at radius 2 is 1.64 bits per heavy atom. The fraction of sp³-hybridized carbons (Fsp3) is 0.235. The summed E-state index contributed by atoms with van der Waals surface area (Å²) in [5.41, 5.74) is 4.90. The van der Waals surface area contributed by atoms with Gasteiger partial charge in [0, 0.05) is 36.6 Å². The molecule has 0 aliphatic carbocycles. The summed E-state index contributed by atoms with van der Waals surface area (Å²) < 4.78 is 18.1. The minimum atomic E-state index is -0.390. The van der Waals surface area contributed by atoms with Gasteiger partial charge in [-0.05, 0) is 49.7 Å². The molecule has 2 aromatic heterocycles. The Morgan fingerprint density at radius 3 is 2.44 bits per heavy atom. The van der Waals surface area contributed by atoms with Crippen LogP contribution in [-0.2, 0) is 20.7 Å². The van der Waals surface area contributed by atoms with Gasteiger partial charge in [0.25, 0.3) is 0 Å². The average molecular weight is 609 g/mol. The van der Waals surface area contributed by atoms with E-state index in [4.69, 9.17) is 14.2 Å². The molecule has 3 amide bonds. The van der Waals surface area contributed by atoms with Gasteiger partial charge in [-0.1, -0.05) is 42.0 Å². The van der Waals surface area contributed by atoms with Crippen molar-refractivity contribution in [1.29, 1.82) is 0 Å². The average Bonchev–Trinajstić information content (AvgIpc) is 3.40. The molecule has 11 heteroatoms. The van der Waals surface area contributed by atoms with Crippen molar-refractivity contribution in [3.63, 3.8) is 0 Å². The van der Waals surface area contributed by atoms with Crippen molar-refractivity contribution in [1.82, 2.24) is 14.8 Å². The Morgan fingerprint density at radius 1 is 0.844 bits per heavy atom. The monoisotopic (exact) mass is 608 g/mol. The van der Waals surface area contributed by atoms with E-state index < -0.39 is 6.03 Å². The molecule has 3 N–H and O–H groups in total. The summed E-state index contributed by atoms with van der Waals surface area (Å²) in [6, 6.07) is 22.6. The van der Waals surface area contributed by atoms with Crippen LogP contribution in [0.1, 0.15) is 16.8 Å². The summed E-state index contributed by atoms with van der Waals surface area (Å²) in [4.78, 5) is 29.6. The number of aryl methyl sites for hydroxylation is 2. The molecule has 45 heavy (non-hydrogen) atoms. The lowest BCUT2D eigenvalue weighted by Gasteiger charge is -2.15. The second-order valence-corrected chi connectivity index (χ2v) is 10.4. The maximum atomic E-state index is 13.1. The van der Waals surface area contributed by atoms with Crippen molar-refractivity contribution in [2.45, 2.75) is 20.3 Å². The van der Waals surface area contributed by atoms with Crippen LogP contribution < -0.4 is 20.7 Å². The maximum Gasteiger partial charge on any atom is 0.324 e. The molecule has 0 bridgehead atoms. The highest BCUT2D eigenvalue weighted by Crippen LogP contribution is 2.32. The molecule has 0 saturated carbocycles. The number of carbonyl (C=O) groups is 2. The molecule has 5 aromatic rings. The number of amides is 3. The lowest BCUT2D eigenvalue weighted by molar-refractivity contribution is -0.121. The number of methoxy groups -OCH3 is 1. The molecule has 2 heterocycles. The summed E-state index contributed by atoms with van der Waals surface area (Å²) >= 11 is 0. The Balaban J connectivity index is 1.23. The molecule has 5 rings (SSSR count). The number of nitrogens with zero attached hydrogens (tertiary/aromatic N) is 3. The summed E-state index contributed by atoms with van der Waals surface area (Å²) in [7, 11) is 1.58. The van der Waals surface area contributed by atoms with E-state index in [1.165, 1.54) is 0 Å². The second-order valence-electron chi connectivity index (χ2n) is 10.4. The minimum absolute atomic E-state index is 0.0748. The van der Waals surface area contributed by atoms with Gasteiger partial charge in [-0.2, -0.15) is 5.10 Å². The number of ether oxygens (including phenoxy) is 3. The number of nitrogens with one attached hydrogen (secondary N) is 3. The Kier molecular flexibility index (Phi) is 10.4. The first-order valence-electron chi connectivity index (χ1n) is 14.6. The van der Waals surface area contributed by atoms with Crippen LogP contribution in [0.5, 0.6) is 5.75 Å². The number of urea groups is 1. The number of carbonyl (C=O) groups excluding carboxylic acids is 2. The molecule has 0 radical (unpaired) electrons. The van der Waals surface area contributed by atoms with Crippen LogP contribution in [-0.4, -0.2) is 60.2 Å². The van der Waals surface area contributed by atoms with Crippen LogP contribution in [0, 0.1) is 13.8 Å². The molecule has 0 unspecified atom stereocenters. The van der Waals surface area contributed by atoms with Crippen LogP contribution in [0.2, 0.25) is 0 Å². The molecule has 0 fully saturated rings. The molecule has 0 atom stereocenters. The van der Waals surface area contributed by atoms with Crippen LogP contribution in [0.25, 0.3) is 16.5 Å². The molecule has 0 spiro atoms. The molecule has 11 nitrogen and oxygen atoms in total. The first-order chi connectivity index (χ1) is 21.9. The standard InChI is InChI=1S/C34H36N6O5/c1-23-8-10-26(11-9-23)40-32(20-24(2)39-40)38-34(42)37-29-12-13-31(28-7-5-4-6-27(28)29)45-17-15-25-14-16-35-21-30(25)36-33(41)22-44-19-18-43-3/h4-14,16,20-21H,15,17-19,22H2,1-3H3,(H,36,41)(H2,37,38,42). The van der Waals surface area contributed by atoms with Gasteiger partial charge in [-0.25, -0.2) is 9.48 Å². The van der Waals surface area contributed by atoms with Crippen molar-refractivity contribution in [3.05, 3.63) is 102 Å².